The molecule has 0 radical (unpaired) electrons. The third kappa shape index (κ3) is 5.53. The van der Waals surface area contributed by atoms with E-state index in [0.29, 0.717) is 28.4 Å². The van der Waals surface area contributed by atoms with Crippen LogP contribution in [0.5, 0.6) is 11.5 Å². The van der Waals surface area contributed by atoms with Crippen LogP contribution in [-0.2, 0) is 4.79 Å². The summed E-state index contributed by atoms with van der Waals surface area (Å²) in [5.74, 6) is -0.664. The van der Waals surface area contributed by atoms with Crippen LogP contribution in [0.2, 0.25) is 5.02 Å². The van der Waals surface area contributed by atoms with E-state index in [2.05, 4.69) is 10.2 Å². The normalized spacial score (nSPS) is 11.4. The van der Waals surface area contributed by atoms with Gasteiger partial charge in [-0.2, -0.15) is 0 Å². The van der Waals surface area contributed by atoms with Crippen LogP contribution in [-0.4, -0.2) is 46.6 Å². The van der Waals surface area contributed by atoms with Gasteiger partial charge in [-0.3, -0.25) is 0 Å². The predicted octanol–water partition coefficient (Wildman–Crippen LogP) is 5.58. The van der Waals surface area contributed by atoms with Crippen LogP contribution in [0.4, 0.5) is 0 Å². The first kappa shape index (κ1) is 24.9. The van der Waals surface area contributed by atoms with Gasteiger partial charge in [0.25, 0.3) is 5.22 Å². The van der Waals surface area contributed by atoms with E-state index >= 15 is 0 Å². The van der Waals surface area contributed by atoms with Gasteiger partial charge in [-0.25, -0.2) is 9.59 Å². The molecule has 12 heteroatoms. The van der Waals surface area contributed by atoms with Crippen LogP contribution in [0.15, 0.2) is 67.5 Å². The maximum absolute atomic E-state index is 11.9. The molecule has 0 fully saturated rings. The molecule has 4 rings (SSSR count). The minimum absolute atomic E-state index is 0.00369. The molecule has 2 aromatic heterocycles. The topological polar surface area (TPSA) is 145 Å². The smallest absolute Gasteiger partial charge is 0.342 e. The van der Waals surface area contributed by atoms with Crippen molar-refractivity contribution in [1.29, 1.82) is 0 Å². The molecule has 2 aromatic carbocycles. The Balaban J connectivity index is 1.58. The summed E-state index contributed by atoms with van der Waals surface area (Å²) in [6.07, 6.45) is 1.29. The number of aliphatic carboxylic acids is 1. The summed E-state index contributed by atoms with van der Waals surface area (Å²) in [6, 6.07) is 12.6. The SMILES string of the molecule is COc1cc(OC)cc(-c2nnc(S/C(=C\c3ccc(-c4ccc(Cl)c(C(=O)O)c4)o3)C(=O)O)o2)c1. The average molecular weight is 529 g/mol. The van der Waals surface area contributed by atoms with Crippen molar-refractivity contribution in [3.63, 3.8) is 0 Å². The number of halogens is 1. The molecule has 2 N–H and O–H groups in total. The number of hydrogen-bond acceptors (Lipinski definition) is 9. The zero-order valence-corrected chi connectivity index (χ0v) is 20.3. The second-order valence-corrected chi connectivity index (χ2v) is 8.49. The van der Waals surface area contributed by atoms with E-state index in [0.717, 1.165) is 11.8 Å². The third-order valence-electron chi connectivity index (χ3n) is 4.79. The Bertz CT molecular complexity index is 1450. The van der Waals surface area contributed by atoms with Crippen molar-refractivity contribution >= 4 is 41.4 Å². The van der Waals surface area contributed by atoms with Crippen LogP contribution >= 0.6 is 23.4 Å². The van der Waals surface area contributed by atoms with Crippen molar-refractivity contribution in [3.8, 4) is 34.3 Å². The van der Waals surface area contributed by atoms with E-state index in [1.54, 1.807) is 36.4 Å². The molecule has 0 saturated heterocycles. The lowest BCUT2D eigenvalue weighted by Crippen LogP contribution is -1.97. The van der Waals surface area contributed by atoms with Crippen molar-refractivity contribution in [3.05, 3.63) is 69.8 Å². The van der Waals surface area contributed by atoms with Crippen molar-refractivity contribution < 1.29 is 38.1 Å². The molecular formula is C24H17ClN2O8S. The molecule has 2 heterocycles. The van der Waals surface area contributed by atoms with Gasteiger partial charge in [-0.1, -0.05) is 11.6 Å². The maximum Gasteiger partial charge on any atom is 0.342 e. The highest BCUT2D eigenvalue weighted by Gasteiger charge is 2.18. The molecule has 0 aliphatic heterocycles. The van der Waals surface area contributed by atoms with Gasteiger partial charge in [0.2, 0.25) is 5.89 Å². The second kappa shape index (κ2) is 10.6. The minimum Gasteiger partial charge on any atom is -0.497 e. The van der Waals surface area contributed by atoms with Gasteiger partial charge in [-0.15, -0.1) is 10.2 Å². The van der Waals surface area contributed by atoms with Crippen molar-refractivity contribution in [2.75, 3.05) is 14.2 Å². The lowest BCUT2D eigenvalue weighted by atomic mass is 10.1. The van der Waals surface area contributed by atoms with Gasteiger partial charge in [0.15, 0.2) is 0 Å². The van der Waals surface area contributed by atoms with E-state index in [9.17, 15) is 19.8 Å². The Labute approximate surface area is 213 Å². The quantitative estimate of drug-likeness (QED) is 0.207. The summed E-state index contributed by atoms with van der Waals surface area (Å²) in [5.41, 5.74) is 0.923. The maximum atomic E-state index is 11.9. The molecule has 184 valence electrons. The summed E-state index contributed by atoms with van der Waals surface area (Å²) >= 11 is 6.66. The Kier molecular flexibility index (Phi) is 7.32. The minimum atomic E-state index is -1.24. The summed E-state index contributed by atoms with van der Waals surface area (Å²) in [4.78, 5) is 23.0. The van der Waals surface area contributed by atoms with E-state index in [-0.39, 0.29) is 32.4 Å². The molecule has 0 aliphatic carbocycles. The van der Waals surface area contributed by atoms with E-state index in [1.165, 1.54) is 32.4 Å². The number of methoxy groups -OCH3 is 2. The molecule has 36 heavy (non-hydrogen) atoms. The van der Waals surface area contributed by atoms with E-state index in [1.807, 2.05) is 0 Å². The number of carboxylic acid groups (broad SMARTS) is 2. The van der Waals surface area contributed by atoms with Crippen LogP contribution < -0.4 is 9.47 Å². The zero-order chi connectivity index (χ0) is 25.8. The number of nitrogens with zero attached hydrogens (tertiary/aromatic N) is 2. The summed E-state index contributed by atoms with van der Waals surface area (Å²) < 4.78 is 21.8. The Morgan fingerprint density at radius 1 is 0.944 bits per heavy atom. The number of ether oxygens (including phenoxy) is 2. The summed E-state index contributed by atoms with van der Waals surface area (Å²) in [6.45, 7) is 0. The van der Waals surface area contributed by atoms with Crippen LogP contribution in [0.3, 0.4) is 0 Å². The number of rotatable bonds is 9. The highest BCUT2D eigenvalue weighted by atomic mass is 35.5. The second-order valence-electron chi connectivity index (χ2n) is 7.09. The van der Waals surface area contributed by atoms with Gasteiger partial charge in [-0.05, 0) is 54.2 Å². The van der Waals surface area contributed by atoms with Crippen LogP contribution in [0.1, 0.15) is 16.1 Å². The predicted molar refractivity (Wildman–Crippen MR) is 130 cm³/mol. The molecule has 0 saturated carbocycles. The number of carboxylic acids is 2. The lowest BCUT2D eigenvalue weighted by Gasteiger charge is -2.05. The monoisotopic (exact) mass is 528 g/mol. The Hall–Kier alpha value is -4.22. The molecule has 0 aliphatic rings. The number of hydrogen-bond donors (Lipinski definition) is 2. The number of furan rings is 1. The first-order valence-electron chi connectivity index (χ1n) is 10.1. The zero-order valence-electron chi connectivity index (χ0n) is 18.7. The number of aromatic nitrogens is 2. The molecule has 0 amide bonds. The fourth-order valence-electron chi connectivity index (χ4n) is 3.08. The van der Waals surface area contributed by atoms with E-state index in [4.69, 9.17) is 29.9 Å². The first-order valence-corrected chi connectivity index (χ1v) is 11.3. The van der Waals surface area contributed by atoms with Crippen molar-refractivity contribution in [1.82, 2.24) is 10.2 Å². The molecular weight excluding hydrogens is 512 g/mol. The number of thioether (sulfide) groups is 1. The summed E-state index contributed by atoms with van der Waals surface area (Å²) in [7, 11) is 3.02. The van der Waals surface area contributed by atoms with Crippen LogP contribution in [0, 0.1) is 0 Å². The Morgan fingerprint density at radius 2 is 1.67 bits per heavy atom. The molecule has 0 spiro atoms. The largest absolute Gasteiger partial charge is 0.497 e. The van der Waals surface area contributed by atoms with Gasteiger partial charge in [0, 0.05) is 23.3 Å². The number of benzene rings is 2. The van der Waals surface area contributed by atoms with Crippen molar-refractivity contribution in [2.45, 2.75) is 5.22 Å². The molecule has 4 aromatic rings. The standard InChI is InChI=1S/C24H17ClN2O8S/c1-32-15-7-13(8-16(10-15)33-2)21-26-27-24(35-21)36-20(23(30)31)11-14-4-6-19(34-14)12-3-5-18(25)17(9-12)22(28)29/h3-11H,1-2H3,(H,28,29)(H,30,31)/b20-11-. The van der Waals surface area contributed by atoms with Gasteiger partial charge in [0.05, 0.1) is 24.8 Å². The lowest BCUT2D eigenvalue weighted by molar-refractivity contribution is -0.131. The molecule has 0 bridgehead atoms. The Morgan fingerprint density at radius 3 is 2.31 bits per heavy atom. The van der Waals surface area contributed by atoms with Crippen molar-refractivity contribution in [2.24, 2.45) is 0 Å². The highest BCUT2D eigenvalue weighted by Crippen LogP contribution is 2.34. The molecule has 10 nitrogen and oxygen atoms in total. The van der Waals surface area contributed by atoms with Crippen LogP contribution in [0.25, 0.3) is 28.9 Å². The average Bonchev–Trinajstić information content (AvgIpc) is 3.53. The van der Waals surface area contributed by atoms with Gasteiger partial charge in [0.1, 0.15) is 27.9 Å². The highest BCUT2D eigenvalue weighted by molar-refractivity contribution is 8.03. The fourth-order valence-corrected chi connectivity index (χ4v) is 3.94. The molecule has 0 unspecified atom stereocenters. The number of aromatic carboxylic acids is 1. The van der Waals surface area contributed by atoms with Gasteiger partial charge < -0.3 is 28.5 Å². The first-order chi connectivity index (χ1) is 17.3. The number of carbonyl (C=O) groups is 2. The fraction of sp³-hybridized carbons (Fsp3) is 0.0833. The van der Waals surface area contributed by atoms with E-state index < -0.39 is 11.9 Å². The third-order valence-corrected chi connectivity index (χ3v) is 5.98. The summed E-state index contributed by atoms with van der Waals surface area (Å²) in [5, 5.41) is 26.9. The molecule has 0 atom stereocenters. The van der Waals surface area contributed by atoms with Gasteiger partial charge >= 0.3 is 11.9 Å².